The largest absolute Gasteiger partial charge is 0.309 e. The number of rotatable bonds is 3. The minimum atomic E-state index is -0.263. The van der Waals surface area contributed by atoms with Crippen molar-refractivity contribution in [3.8, 4) is 0 Å². The van der Waals surface area contributed by atoms with Crippen molar-refractivity contribution in [3.63, 3.8) is 0 Å². The first-order valence-electron chi connectivity index (χ1n) is 7.21. The first-order valence-corrected chi connectivity index (χ1v) is 7.59. The first-order chi connectivity index (χ1) is 10.2. The van der Waals surface area contributed by atoms with Crippen LogP contribution in [0.2, 0.25) is 5.02 Å². The monoisotopic (exact) mass is 302 g/mol. The Morgan fingerprint density at radius 2 is 2.00 bits per heavy atom. The van der Waals surface area contributed by atoms with Crippen LogP contribution in [0, 0.1) is 0 Å². The summed E-state index contributed by atoms with van der Waals surface area (Å²) in [6, 6.07) is 7.17. The van der Waals surface area contributed by atoms with E-state index in [1.807, 2.05) is 24.4 Å². The van der Waals surface area contributed by atoms with Crippen LogP contribution in [0.25, 0.3) is 0 Å². The van der Waals surface area contributed by atoms with Crippen LogP contribution in [0.1, 0.15) is 36.9 Å². The number of halogens is 1. The zero-order valence-corrected chi connectivity index (χ0v) is 12.2. The summed E-state index contributed by atoms with van der Waals surface area (Å²) in [6.45, 7) is 0.659. The maximum Gasteiger partial charge on any atom is 0.252 e. The van der Waals surface area contributed by atoms with Gasteiger partial charge in [-0.2, -0.15) is 0 Å². The Morgan fingerprint density at radius 1 is 1.19 bits per heavy atom. The molecule has 6 heteroatoms. The second kappa shape index (κ2) is 4.84. The van der Waals surface area contributed by atoms with E-state index in [0.717, 1.165) is 17.8 Å². The summed E-state index contributed by atoms with van der Waals surface area (Å²) in [4.78, 5) is 14.4. The molecule has 1 amide bonds. The molecule has 4 rings (SSSR count). The van der Waals surface area contributed by atoms with Gasteiger partial charge in [0.05, 0.1) is 16.4 Å². The topological polar surface area (TPSA) is 51.0 Å². The highest BCUT2D eigenvalue weighted by atomic mass is 35.5. The van der Waals surface area contributed by atoms with Gasteiger partial charge in [0.25, 0.3) is 5.91 Å². The highest BCUT2D eigenvalue weighted by Crippen LogP contribution is 2.39. The van der Waals surface area contributed by atoms with Crippen LogP contribution in [-0.2, 0) is 4.79 Å². The quantitative estimate of drug-likeness (QED) is 0.876. The van der Waals surface area contributed by atoms with Gasteiger partial charge in [-0.25, -0.2) is 4.68 Å². The van der Waals surface area contributed by atoms with Crippen molar-refractivity contribution in [2.24, 2.45) is 0 Å². The van der Waals surface area contributed by atoms with Crippen molar-refractivity contribution in [1.82, 2.24) is 15.0 Å². The van der Waals surface area contributed by atoms with Gasteiger partial charge >= 0.3 is 0 Å². The molecule has 2 aromatic rings. The van der Waals surface area contributed by atoms with E-state index in [-0.39, 0.29) is 11.9 Å². The third kappa shape index (κ3) is 2.21. The molecule has 0 spiro atoms. The van der Waals surface area contributed by atoms with Gasteiger partial charge in [-0.1, -0.05) is 28.9 Å². The molecule has 5 nitrogen and oxygen atoms in total. The average molecular weight is 303 g/mol. The fraction of sp³-hybridized carbons (Fsp3) is 0.400. The van der Waals surface area contributed by atoms with Gasteiger partial charge < -0.3 is 4.90 Å². The van der Waals surface area contributed by atoms with Crippen molar-refractivity contribution < 1.29 is 4.79 Å². The number of carbonyl (C=O) groups is 1. The van der Waals surface area contributed by atoms with Crippen LogP contribution in [0.15, 0.2) is 30.5 Å². The lowest BCUT2D eigenvalue weighted by molar-refractivity contribution is -0.120. The molecule has 1 aromatic heterocycles. The van der Waals surface area contributed by atoms with Crippen LogP contribution in [-0.4, -0.2) is 27.4 Å². The van der Waals surface area contributed by atoms with E-state index in [2.05, 4.69) is 10.3 Å². The van der Waals surface area contributed by atoms with Crippen LogP contribution >= 0.6 is 11.6 Å². The molecule has 1 saturated carbocycles. The zero-order valence-electron chi connectivity index (χ0n) is 11.4. The Hall–Kier alpha value is -1.88. The number of para-hydroxylation sites is 1. The number of amides is 1. The normalized spacial score (nSPS) is 22.0. The lowest BCUT2D eigenvalue weighted by Crippen LogP contribution is -2.28. The molecule has 1 aliphatic carbocycles. The maximum atomic E-state index is 12.6. The van der Waals surface area contributed by atoms with Gasteiger partial charge in [0.2, 0.25) is 0 Å². The third-order valence-corrected chi connectivity index (χ3v) is 4.48. The molecule has 2 heterocycles. The summed E-state index contributed by atoms with van der Waals surface area (Å²) in [5.74, 6) is 0.588. The van der Waals surface area contributed by atoms with E-state index in [9.17, 15) is 4.79 Å². The van der Waals surface area contributed by atoms with Crippen LogP contribution in [0.3, 0.4) is 0 Å². The Kier molecular flexibility index (Phi) is 2.96. The Bertz CT molecular complexity index is 694. The molecule has 0 radical (unpaired) electrons. The highest BCUT2D eigenvalue weighted by Gasteiger charge is 2.36. The summed E-state index contributed by atoms with van der Waals surface area (Å²) >= 11 is 6.19. The molecule has 1 atom stereocenters. The van der Waals surface area contributed by atoms with Gasteiger partial charge in [0.1, 0.15) is 6.04 Å². The second-order valence-electron chi connectivity index (χ2n) is 5.64. The molecule has 0 N–H and O–H groups in total. The van der Waals surface area contributed by atoms with Crippen molar-refractivity contribution in [2.75, 3.05) is 11.4 Å². The third-order valence-electron chi connectivity index (χ3n) is 4.16. The highest BCUT2D eigenvalue weighted by molar-refractivity contribution is 6.33. The van der Waals surface area contributed by atoms with Crippen molar-refractivity contribution in [3.05, 3.63) is 41.2 Å². The fourth-order valence-electron chi connectivity index (χ4n) is 2.83. The van der Waals surface area contributed by atoms with Crippen LogP contribution in [0.5, 0.6) is 0 Å². The van der Waals surface area contributed by atoms with Crippen molar-refractivity contribution in [1.29, 1.82) is 0 Å². The number of hydrogen-bond acceptors (Lipinski definition) is 3. The smallest absolute Gasteiger partial charge is 0.252 e. The van der Waals surface area contributed by atoms with E-state index in [0.29, 0.717) is 17.5 Å². The molecular formula is C15H15ClN4O. The Morgan fingerprint density at radius 3 is 2.76 bits per heavy atom. The number of anilines is 1. The number of carbonyl (C=O) groups excluding carboxylic acids is 1. The van der Waals surface area contributed by atoms with Gasteiger partial charge in [-0.05, 0) is 31.4 Å². The molecule has 2 aliphatic rings. The van der Waals surface area contributed by atoms with E-state index in [1.165, 1.54) is 12.8 Å². The maximum absolute atomic E-state index is 12.6. The van der Waals surface area contributed by atoms with E-state index < -0.39 is 0 Å². The predicted molar refractivity (Wildman–Crippen MR) is 79.5 cm³/mol. The number of benzene rings is 1. The molecule has 108 valence electrons. The van der Waals surface area contributed by atoms with Gasteiger partial charge in [0.15, 0.2) is 0 Å². The molecule has 1 aliphatic heterocycles. The number of nitrogens with zero attached hydrogens (tertiary/aromatic N) is 4. The summed E-state index contributed by atoms with van der Waals surface area (Å²) in [5.41, 5.74) is 1.79. The van der Waals surface area contributed by atoms with Crippen LogP contribution in [0.4, 0.5) is 5.69 Å². The van der Waals surface area contributed by atoms with Crippen LogP contribution < -0.4 is 4.90 Å². The molecule has 2 fully saturated rings. The molecule has 21 heavy (non-hydrogen) atoms. The van der Waals surface area contributed by atoms with Gasteiger partial charge in [0, 0.05) is 18.7 Å². The Balaban J connectivity index is 1.59. The van der Waals surface area contributed by atoms with Gasteiger partial charge in [-0.3, -0.25) is 4.79 Å². The second-order valence-corrected chi connectivity index (χ2v) is 6.05. The number of hydrogen-bond donors (Lipinski definition) is 0. The molecule has 0 bridgehead atoms. The lowest BCUT2D eigenvalue weighted by atomic mass is 10.2. The zero-order chi connectivity index (χ0) is 14.4. The van der Waals surface area contributed by atoms with Gasteiger partial charge in [-0.15, -0.1) is 5.10 Å². The summed E-state index contributed by atoms with van der Waals surface area (Å²) in [6.07, 6.45) is 5.03. The minimum Gasteiger partial charge on any atom is -0.309 e. The Labute approximate surface area is 127 Å². The van der Waals surface area contributed by atoms with E-state index >= 15 is 0 Å². The molecule has 1 saturated heterocycles. The fourth-order valence-corrected chi connectivity index (χ4v) is 3.07. The first kappa shape index (κ1) is 12.8. The summed E-state index contributed by atoms with van der Waals surface area (Å²) < 4.78 is 1.72. The van der Waals surface area contributed by atoms with Crippen molar-refractivity contribution >= 4 is 23.2 Å². The van der Waals surface area contributed by atoms with E-state index in [4.69, 9.17) is 11.6 Å². The number of aromatic nitrogens is 3. The lowest BCUT2D eigenvalue weighted by Gasteiger charge is -2.17. The average Bonchev–Trinajstić information content (AvgIpc) is 3.10. The molecular weight excluding hydrogens is 288 g/mol. The molecule has 1 aromatic carbocycles. The predicted octanol–water partition coefficient (Wildman–Crippen LogP) is 2.79. The SMILES string of the molecule is O=C1C(n2cc(C3CC3)nn2)CCN1c1ccccc1Cl. The van der Waals surface area contributed by atoms with Crippen molar-refractivity contribution in [2.45, 2.75) is 31.2 Å². The summed E-state index contributed by atoms with van der Waals surface area (Å²) in [5, 5.41) is 8.94. The molecule has 1 unspecified atom stereocenters. The summed E-state index contributed by atoms with van der Waals surface area (Å²) in [7, 11) is 0. The minimum absolute atomic E-state index is 0.0374. The van der Waals surface area contributed by atoms with E-state index in [1.54, 1.807) is 15.6 Å². The standard InChI is InChI=1S/C15H15ClN4O/c16-11-3-1-2-4-13(11)19-8-7-14(15(19)21)20-9-12(17-18-20)10-5-6-10/h1-4,9-10,14H,5-8H2.